The van der Waals surface area contributed by atoms with E-state index in [-0.39, 0.29) is 5.91 Å². The molecule has 0 unspecified atom stereocenters. The van der Waals surface area contributed by atoms with E-state index in [1.165, 1.54) is 24.2 Å². The number of fused-ring (bicyclic) bond motifs is 1. The molecule has 0 saturated carbocycles. The summed E-state index contributed by atoms with van der Waals surface area (Å²) in [5.41, 5.74) is 1.22. The molecule has 22 heavy (non-hydrogen) atoms. The van der Waals surface area contributed by atoms with E-state index in [2.05, 4.69) is 20.4 Å². The molecule has 0 aliphatic carbocycles. The quantitative estimate of drug-likeness (QED) is 0.793. The van der Waals surface area contributed by atoms with Crippen LogP contribution < -0.4 is 5.32 Å². The Labute approximate surface area is 134 Å². The van der Waals surface area contributed by atoms with Crippen LogP contribution in [0.2, 0.25) is 0 Å². The van der Waals surface area contributed by atoms with Crippen molar-refractivity contribution in [2.75, 3.05) is 18.4 Å². The van der Waals surface area contributed by atoms with E-state index >= 15 is 0 Å². The van der Waals surface area contributed by atoms with Crippen molar-refractivity contribution in [2.45, 2.75) is 19.4 Å². The fraction of sp³-hybridized carbons (Fsp3) is 0.357. The lowest BCUT2D eigenvalue weighted by atomic mass is 10.3. The van der Waals surface area contributed by atoms with Crippen LogP contribution in [0.25, 0.3) is 9.53 Å². The Kier molecular flexibility index (Phi) is 3.65. The third kappa shape index (κ3) is 2.77. The van der Waals surface area contributed by atoms with Crippen LogP contribution in [0.1, 0.15) is 29.1 Å². The normalized spacial score (nSPS) is 15.6. The van der Waals surface area contributed by atoms with E-state index in [1.54, 1.807) is 17.4 Å². The number of thiazole rings is 1. The van der Waals surface area contributed by atoms with Gasteiger partial charge in [-0.15, -0.1) is 11.3 Å². The van der Waals surface area contributed by atoms with Gasteiger partial charge in [-0.05, 0) is 37.4 Å². The Morgan fingerprint density at radius 1 is 1.41 bits per heavy atom. The van der Waals surface area contributed by atoms with E-state index in [1.807, 2.05) is 11.4 Å². The highest BCUT2D eigenvalue weighted by Crippen LogP contribution is 2.30. The molecule has 0 spiro atoms. The summed E-state index contributed by atoms with van der Waals surface area (Å²) < 4.78 is 6.36. The summed E-state index contributed by atoms with van der Waals surface area (Å²) in [5.74, 6) is 0.449. The van der Waals surface area contributed by atoms with Crippen LogP contribution in [0.4, 0.5) is 5.13 Å². The van der Waals surface area contributed by atoms with Gasteiger partial charge < -0.3 is 4.52 Å². The minimum Gasteiger partial charge on any atom is -0.359 e. The number of carbonyl (C=O) groups is 1. The topological polar surface area (TPSA) is 71.3 Å². The van der Waals surface area contributed by atoms with Crippen molar-refractivity contribution in [3.8, 4) is 0 Å². The van der Waals surface area contributed by atoms with Gasteiger partial charge in [0.1, 0.15) is 4.01 Å². The van der Waals surface area contributed by atoms with Crippen molar-refractivity contribution >= 4 is 43.2 Å². The number of nitrogens with one attached hydrogen (secondary N) is 1. The fourth-order valence-corrected chi connectivity index (χ4v) is 4.37. The van der Waals surface area contributed by atoms with Crippen LogP contribution in [-0.2, 0) is 6.54 Å². The van der Waals surface area contributed by atoms with Crippen molar-refractivity contribution in [1.82, 2.24) is 15.0 Å². The summed E-state index contributed by atoms with van der Waals surface area (Å²) in [6.07, 6.45) is 2.45. The number of anilines is 1. The number of hydrogen-bond acceptors (Lipinski definition) is 7. The van der Waals surface area contributed by atoms with E-state index < -0.39 is 0 Å². The van der Waals surface area contributed by atoms with Gasteiger partial charge in [-0.3, -0.25) is 15.0 Å². The van der Waals surface area contributed by atoms with Crippen molar-refractivity contribution in [3.63, 3.8) is 0 Å². The second kappa shape index (κ2) is 5.79. The number of carbonyl (C=O) groups excluding carboxylic acids is 1. The Morgan fingerprint density at radius 3 is 3.09 bits per heavy atom. The van der Waals surface area contributed by atoms with E-state index in [0.717, 1.165) is 28.4 Å². The van der Waals surface area contributed by atoms with Crippen molar-refractivity contribution < 1.29 is 9.32 Å². The van der Waals surface area contributed by atoms with Crippen molar-refractivity contribution in [3.05, 3.63) is 29.0 Å². The van der Waals surface area contributed by atoms with Gasteiger partial charge in [0, 0.05) is 6.07 Å². The second-order valence-corrected chi connectivity index (χ2v) is 7.40. The average Bonchev–Trinajstić information content (AvgIpc) is 3.21. The van der Waals surface area contributed by atoms with Crippen LogP contribution >= 0.6 is 22.7 Å². The molecule has 4 rings (SSSR count). The minimum absolute atomic E-state index is 0.280. The lowest BCUT2D eigenvalue weighted by Gasteiger charge is -2.10. The maximum absolute atomic E-state index is 12.2. The highest BCUT2D eigenvalue weighted by atomic mass is 32.2. The summed E-state index contributed by atoms with van der Waals surface area (Å²) in [6.45, 7) is 2.88. The number of thiophene rings is 1. The molecule has 0 aromatic carbocycles. The fourth-order valence-electron chi connectivity index (χ4n) is 2.54. The molecule has 1 saturated heterocycles. The van der Waals surface area contributed by atoms with Crippen molar-refractivity contribution in [1.29, 1.82) is 0 Å². The standard InChI is InChI=1S/C14H14N4O2S2/c19-12(16-14-15-10-3-6-21-13(10)22-14)11-7-9(20-17-11)8-18-4-1-2-5-18/h3,6-7H,1-2,4-5,8H2,(H,15,16,19). The minimum atomic E-state index is -0.280. The highest BCUT2D eigenvalue weighted by molar-refractivity contribution is 7.39. The van der Waals surface area contributed by atoms with Gasteiger partial charge in [0.25, 0.3) is 5.91 Å². The maximum Gasteiger partial charge on any atom is 0.279 e. The first-order chi connectivity index (χ1) is 10.8. The monoisotopic (exact) mass is 334 g/mol. The Morgan fingerprint density at radius 2 is 2.27 bits per heavy atom. The summed E-state index contributed by atoms with van der Waals surface area (Å²) in [6, 6.07) is 3.65. The van der Waals surface area contributed by atoms with Crippen LogP contribution in [0.5, 0.6) is 0 Å². The zero-order chi connectivity index (χ0) is 14.9. The molecule has 1 aliphatic heterocycles. The largest absolute Gasteiger partial charge is 0.359 e. The molecule has 8 heteroatoms. The lowest BCUT2D eigenvalue weighted by molar-refractivity contribution is 0.101. The molecule has 0 atom stereocenters. The molecule has 0 bridgehead atoms. The Hall–Kier alpha value is -1.77. The lowest BCUT2D eigenvalue weighted by Crippen LogP contribution is -2.17. The van der Waals surface area contributed by atoms with Crippen LogP contribution in [0, 0.1) is 0 Å². The Balaban J connectivity index is 1.43. The Bertz CT molecular complexity index is 772. The third-order valence-electron chi connectivity index (χ3n) is 3.61. The molecule has 1 N–H and O–H groups in total. The van der Waals surface area contributed by atoms with E-state index in [4.69, 9.17) is 4.52 Å². The van der Waals surface area contributed by atoms with Gasteiger partial charge in [0.05, 0.1) is 12.1 Å². The van der Waals surface area contributed by atoms with E-state index in [9.17, 15) is 4.79 Å². The molecule has 1 fully saturated rings. The predicted octanol–water partition coefficient (Wildman–Crippen LogP) is 3.19. The van der Waals surface area contributed by atoms with Crippen LogP contribution in [0.3, 0.4) is 0 Å². The van der Waals surface area contributed by atoms with Gasteiger partial charge in [-0.1, -0.05) is 16.5 Å². The first-order valence-corrected chi connectivity index (χ1v) is 8.81. The SMILES string of the molecule is O=C(Nc1nc2ccsc2s1)c1cc(CN2CCCC2)on1. The van der Waals surface area contributed by atoms with Crippen molar-refractivity contribution in [2.24, 2.45) is 0 Å². The number of hydrogen-bond donors (Lipinski definition) is 1. The molecular formula is C14H14N4O2S2. The smallest absolute Gasteiger partial charge is 0.279 e. The third-order valence-corrected chi connectivity index (χ3v) is 5.63. The van der Waals surface area contributed by atoms with E-state index in [0.29, 0.717) is 17.4 Å². The van der Waals surface area contributed by atoms with Gasteiger partial charge in [0.15, 0.2) is 16.6 Å². The zero-order valence-corrected chi connectivity index (χ0v) is 13.4. The summed E-state index contributed by atoms with van der Waals surface area (Å²) in [4.78, 5) is 18.8. The summed E-state index contributed by atoms with van der Waals surface area (Å²) in [7, 11) is 0. The number of nitrogens with zero attached hydrogens (tertiary/aromatic N) is 3. The number of rotatable bonds is 4. The molecule has 6 nitrogen and oxygen atoms in total. The number of amides is 1. The highest BCUT2D eigenvalue weighted by Gasteiger charge is 2.18. The summed E-state index contributed by atoms with van der Waals surface area (Å²) >= 11 is 3.09. The first-order valence-electron chi connectivity index (χ1n) is 7.11. The molecule has 1 aliphatic rings. The average molecular weight is 334 g/mol. The zero-order valence-electron chi connectivity index (χ0n) is 11.7. The molecule has 114 valence electrons. The predicted molar refractivity (Wildman–Crippen MR) is 86.5 cm³/mol. The van der Waals surface area contributed by atoms with Gasteiger partial charge in [-0.2, -0.15) is 0 Å². The molecule has 3 aromatic rings. The molecule has 4 heterocycles. The number of likely N-dealkylation sites (tertiary alicyclic amines) is 1. The number of aromatic nitrogens is 2. The molecular weight excluding hydrogens is 320 g/mol. The summed E-state index contributed by atoms with van der Waals surface area (Å²) in [5, 5.41) is 9.22. The molecule has 1 amide bonds. The van der Waals surface area contributed by atoms with Crippen LogP contribution in [0.15, 0.2) is 22.0 Å². The van der Waals surface area contributed by atoms with Gasteiger partial charge >= 0.3 is 0 Å². The first kappa shape index (κ1) is 13.9. The van der Waals surface area contributed by atoms with Crippen LogP contribution in [-0.4, -0.2) is 34.0 Å². The molecule has 3 aromatic heterocycles. The van der Waals surface area contributed by atoms with Gasteiger partial charge in [-0.25, -0.2) is 4.98 Å². The van der Waals surface area contributed by atoms with Gasteiger partial charge in [0.2, 0.25) is 0 Å². The molecule has 0 radical (unpaired) electrons. The second-order valence-electron chi connectivity index (χ2n) is 5.23. The maximum atomic E-state index is 12.2.